The number of hydrogen-bond donors (Lipinski definition) is 1. The van der Waals surface area contributed by atoms with Gasteiger partial charge in [0, 0.05) is 25.2 Å². The number of halogens is 1. The molecule has 1 fully saturated rings. The molecule has 0 spiro atoms. The van der Waals surface area contributed by atoms with Gasteiger partial charge in [-0.25, -0.2) is 9.07 Å². The van der Waals surface area contributed by atoms with E-state index in [1.54, 1.807) is 21.8 Å². The first kappa shape index (κ1) is 15.6. The van der Waals surface area contributed by atoms with Gasteiger partial charge in [0.05, 0.1) is 12.7 Å². The number of nitrogens with one attached hydrogen (secondary N) is 1. The Labute approximate surface area is 134 Å². The second kappa shape index (κ2) is 6.45. The minimum atomic E-state index is -0.289. The summed E-state index contributed by atoms with van der Waals surface area (Å²) < 4.78 is 14.8. The number of amides is 1. The SMILES string of the molecule is C[C@@H]1CN(C(=O)c2cn(Cc3cccc(F)c3)nn2)C[C@@H](C)N1. The lowest BCUT2D eigenvalue weighted by atomic mass is 10.1. The summed E-state index contributed by atoms with van der Waals surface area (Å²) in [6.07, 6.45) is 1.62. The van der Waals surface area contributed by atoms with Gasteiger partial charge in [0.2, 0.25) is 0 Å². The number of nitrogens with zero attached hydrogens (tertiary/aromatic N) is 4. The molecule has 23 heavy (non-hydrogen) atoms. The molecular weight excluding hydrogens is 297 g/mol. The molecule has 2 aromatic rings. The molecule has 1 N–H and O–H groups in total. The van der Waals surface area contributed by atoms with Gasteiger partial charge >= 0.3 is 0 Å². The van der Waals surface area contributed by atoms with Crippen LogP contribution in [-0.2, 0) is 6.54 Å². The summed E-state index contributed by atoms with van der Waals surface area (Å²) in [5.74, 6) is -0.404. The Balaban J connectivity index is 1.70. The van der Waals surface area contributed by atoms with Crippen molar-refractivity contribution in [3.05, 3.63) is 47.5 Å². The minimum absolute atomic E-state index is 0.115. The second-order valence-electron chi connectivity index (χ2n) is 6.11. The molecular formula is C16H20FN5O. The molecule has 0 bridgehead atoms. The van der Waals surface area contributed by atoms with E-state index in [1.807, 2.05) is 6.07 Å². The van der Waals surface area contributed by atoms with Crippen LogP contribution in [0, 0.1) is 5.82 Å². The predicted molar refractivity (Wildman–Crippen MR) is 83.5 cm³/mol. The standard InChI is InChI=1S/C16H20FN5O/c1-11-7-21(8-12(2)18-11)16(23)15-10-22(20-19-15)9-13-4-3-5-14(17)6-13/h3-6,10-12,18H,7-9H2,1-2H3/t11-,12-/m1/s1. The summed E-state index contributed by atoms with van der Waals surface area (Å²) in [4.78, 5) is 14.3. The molecule has 0 unspecified atom stereocenters. The first-order chi connectivity index (χ1) is 11.0. The van der Waals surface area contributed by atoms with E-state index >= 15 is 0 Å². The number of rotatable bonds is 3. The average Bonchev–Trinajstić information content (AvgIpc) is 2.94. The van der Waals surface area contributed by atoms with Crippen LogP contribution >= 0.6 is 0 Å². The van der Waals surface area contributed by atoms with Crippen molar-refractivity contribution in [2.75, 3.05) is 13.1 Å². The Hall–Kier alpha value is -2.28. The van der Waals surface area contributed by atoms with Crippen molar-refractivity contribution in [2.24, 2.45) is 0 Å². The lowest BCUT2D eigenvalue weighted by Gasteiger charge is -2.35. The van der Waals surface area contributed by atoms with E-state index in [-0.39, 0.29) is 23.8 Å². The van der Waals surface area contributed by atoms with Crippen LogP contribution in [-0.4, -0.2) is 51.0 Å². The lowest BCUT2D eigenvalue weighted by molar-refractivity contribution is 0.0667. The zero-order valence-electron chi connectivity index (χ0n) is 13.2. The smallest absolute Gasteiger partial charge is 0.276 e. The molecule has 2 atom stereocenters. The molecule has 1 aromatic carbocycles. The van der Waals surface area contributed by atoms with Crippen molar-refractivity contribution in [1.82, 2.24) is 25.2 Å². The van der Waals surface area contributed by atoms with E-state index in [9.17, 15) is 9.18 Å². The van der Waals surface area contributed by atoms with E-state index in [0.29, 0.717) is 25.3 Å². The monoisotopic (exact) mass is 317 g/mol. The maximum Gasteiger partial charge on any atom is 0.276 e. The Morgan fingerprint density at radius 2 is 2.09 bits per heavy atom. The van der Waals surface area contributed by atoms with Crippen LogP contribution in [0.25, 0.3) is 0 Å². The van der Waals surface area contributed by atoms with Crippen LogP contribution < -0.4 is 5.32 Å². The maximum absolute atomic E-state index is 13.2. The van der Waals surface area contributed by atoms with Gasteiger partial charge in [0.25, 0.3) is 5.91 Å². The highest BCUT2D eigenvalue weighted by Gasteiger charge is 2.27. The summed E-state index contributed by atoms with van der Waals surface area (Å²) in [5.41, 5.74) is 1.10. The van der Waals surface area contributed by atoms with Crippen LogP contribution in [0.4, 0.5) is 4.39 Å². The van der Waals surface area contributed by atoms with Crippen molar-refractivity contribution >= 4 is 5.91 Å². The fourth-order valence-electron chi connectivity index (χ4n) is 2.95. The largest absolute Gasteiger partial charge is 0.334 e. The first-order valence-corrected chi connectivity index (χ1v) is 7.71. The highest BCUT2D eigenvalue weighted by atomic mass is 19.1. The first-order valence-electron chi connectivity index (χ1n) is 7.71. The van der Waals surface area contributed by atoms with Crippen LogP contribution in [0.3, 0.4) is 0 Å². The number of piperazine rings is 1. The van der Waals surface area contributed by atoms with E-state index in [1.165, 1.54) is 12.1 Å². The Bertz CT molecular complexity index is 691. The van der Waals surface area contributed by atoms with Gasteiger partial charge in [-0.3, -0.25) is 4.79 Å². The van der Waals surface area contributed by atoms with Gasteiger partial charge in [0.15, 0.2) is 5.69 Å². The third-order valence-corrected chi connectivity index (χ3v) is 3.84. The molecule has 0 saturated carbocycles. The zero-order valence-corrected chi connectivity index (χ0v) is 13.2. The van der Waals surface area contributed by atoms with Gasteiger partial charge < -0.3 is 10.2 Å². The van der Waals surface area contributed by atoms with Crippen LogP contribution in [0.15, 0.2) is 30.5 Å². The number of aromatic nitrogens is 3. The fourth-order valence-corrected chi connectivity index (χ4v) is 2.95. The summed E-state index contributed by atoms with van der Waals surface area (Å²) >= 11 is 0. The molecule has 1 aromatic heterocycles. The summed E-state index contributed by atoms with van der Waals surface area (Å²) in [5, 5.41) is 11.3. The molecule has 3 rings (SSSR count). The van der Waals surface area contributed by atoms with E-state index in [4.69, 9.17) is 0 Å². The Morgan fingerprint density at radius 1 is 1.35 bits per heavy atom. The van der Waals surface area contributed by atoms with Crippen LogP contribution in [0.5, 0.6) is 0 Å². The molecule has 2 heterocycles. The maximum atomic E-state index is 13.2. The van der Waals surface area contributed by atoms with Crippen LogP contribution in [0.1, 0.15) is 29.9 Å². The van der Waals surface area contributed by atoms with Crippen molar-refractivity contribution in [2.45, 2.75) is 32.5 Å². The summed E-state index contributed by atoms with van der Waals surface area (Å²) in [6, 6.07) is 6.81. The molecule has 1 amide bonds. The van der Waals surface area contributed by atoms with Crippen molar-refractivity contribution < 1.29 is 9.18 Å². The molecule has 7 heteroatoms. The predicted octanol–water partition coefficient (Wildman–Crippen LogP) is 1.29. The zero-order chi connectivity index (χ0) is 16.4. The van der Waals surface area contributed by atoms with Crippen molar-refractivity contribution in [1.29, 1.82) is 0 Å². The third-order valence-electron chi connectivity index (χ3n) is 3.84. The molecule has 1 aliphatic heterocycles. The third kappa shape index (κ3) is 3.73. The van der Waals surface area contributed by atoms with Crippen LogP contribution in [0.2, 0.25) is 0 Å². The van der Waals surface area contributed by atoms with Gasteiger partial charge in [-0.2, -0.15) is 0 Å². The van der Waals surface area contributed by atoms with E-state index in [2.05, 4.69) is 29.5 Å². The number of carbonyl (C=O) groups excluding carboxylic acids is 1. The van der Waals surface area contributed by atoms with Crippen molar-refractivity contribution in [3.63, 3.8) is 0 Å². The number of benzene rings is 1. The Kier molecular flexibility index (Phi) is 4.38. The highest BCUT2D eigenvalue weighted by Crippen LogP contribution is 2.10. The van der Waals surface area contributed by atoms with E-state index in [0.717, 1.165) is 5.56 Å². The molecule has 1 saturated heterocycles. The second-order valence-corrected chi connectivity index (χ2v) is 6.11. The molecule has 0 radical (unpaired) electrons. The van der Waals surface area contributed by atoms with Gasteiger partial charge in [-0.05, 0) is 31.5 Å². The minimum Gasteiger partial charge on any atom is -0.334 e. The topological polar surface area (TPSA) is 63.1 Å². The average molecular weight is 317 g/mol. The molecule has 6 nitrogen and oxygen atoms in total. The molecule has 1 aliphatic rings. The number of carbonyl (C=O) groups is 1. The fraction of sp³-hybridized carbons (Fsp3) is 0.438. The summed E-state index contributed by atoms with van der Waals surface area (Å²) in [7, 11) is 0. The van der Waals surface area contributed by atoms with Gasteiger partial charge in [-0.15, -0.1) is 5.10 Å². The van der Waals surface area contributed by atoms with Gasteiger partial charge in [-0.1, -0.05) is 17.3 Å². The Morgan fingerprint density at radius 3 is 2.78 bits per heavy atom. The van der Waals surface area contributed by atoms with Gasteiger partial charge in [0.1, 0.15) is 5.82 Å². The highest BCUT2D eigenvalue weighted by molar-refractivity contribution is 5.92. The quantitative estimate of drug-likeness (QED) is 0.926. The lowest BCUT2D eigenvalue weighted by Crippen LogP contribution is -2.55. The molecule has 122 valence electrons. The van der Waals surface area contributed by atoms with E-state index < -0.39 is 0 Å². The molecule has 0 aliphatic carbocycles. The normalized spacial score (nSPS) is 21.4. The van der Waals surface area contributed by atoms with Crippen molar-refractivity contribution in [3.8, 4) is 0 Å². The summed E-state index contributed by atoms with van der Waals surface area (Å²) in [6.45, 7) is 5.79. The number of hydrogen-bond acceptors (Lipinski definition) is 4.